The van der Waals surface area contributed by atoms with Crippen molar-refractivity contribution in [3.63, 3.8) is 0 Å². The van der Waals surface area contributed by atoms with Gasteiger partial charge in [-0.2, -0.15) is 0 Å². The Morgan fingerprint density at radius 1 is 0.897 bits per heavy atom. The largest absolute Gasteiger partial charge is 0.326 e. The lowest BCUT2D eigenvalue weighted by Crippen LogP contribution is -2.31. The predicted octanol–water partition coefficient (Wildman–Crippen LogP) is 3.30. The zero-order valence-corrected chi connectivity index (χ0v) is 16.4. The van der Waals surface area contributed by atoms with Crippen LogP contribution < -0.4 is 10.6 Å². The van der Waals surface area contributed by atoms with Gasteiger partial charge in [0, 0.05) is 30.3 Å². The van der Waals surface area contributed by atoms with Crippen LogP contribution in [-0.2, 0) is 9.59 Å². The highest BCUT2D eigenvalue weighted by Crippen LogP contribution is 2.23. The molecule has 2 N–H and O–H groups in total. The number of anilines is 2. The summed E-state index contributed by atoms with van der Waals surface area (Å²) < 4.78 is 0. The summed E-state index contributed by atoms with van der Waals surface area (Å²) in [6.07, 6.45) is 0.525. The van der Waals surface area contributed by atoms with Crippen LogP contribution in [0.15, 0.2) is 48.5 Å². The maximum atomic E-state index is 12.3. The minimum Gasteiger partial charge on any atom is -0.326 e. The first-order chi connectivity index (χ1) is 13.9. The highest BCUT2D eigenvalue weighted by Gasteiger charge is 2.34. The van der Waals surface area contributed by atoms with Gasteiger partial charge in [0.1, 0.15) is 0 Å². The van der Waals surface area contributed by atoms with Crippen molar-refractivity contribution in [1.29, 1.82) is 0 Å². The highest BCUT2D eigenvalue weighted by atomic mass is 16.2. The van der Waals surface area contributed by atoms with Gasteiger partial charge in [0.25, 0.3) is 11.8 Å². The quantitative estimate of drug-likeness (QED) is 0.706. The van der Waals surface area contributed by atoms with Gasteiger partial charge in [-0.3, -0.25) is 24.1 Å². The molecule has 0 atom stereocenters. The summed E-state index contributed by atoms with van der Waals surface area (Å²) in [5.74, 6) is -1.11. The average Bonchev–Trinajstić information content (AvgIpc) is 2.93. The zero-order chi connectivity index (χ0) is 21.0. The van der Waals surface area contributed by atoms with Crippen LogP contribution in [0.1, 0.15) is 47.4 Å². The summed E-state index contributed by atoms with van der Waals surface area (Å²) in [4.78, 5) is 49.8. The molecule has 0 unspecified atom stereocenters. The Balaban J connectivity index is 1.50. The molecular weight excluding hydrogens is 370 g/mol. The molecule has 0 radical (unpaired) electrons. The van der Waals surface area contributed by atoms with Crippen LogP contribution in [0.3, 0.4) is 0 Å². The summed E-state index contributed by atoms with van der Waals surface area (Å²) in [5, 5.41) is 5.55. The van der Waals surface area contributed by atoms with E-state index < -0.39 is 0 Å². The van der Waals surface area contributed by atoms with Crippen molar-refractivity contribution in [2.24, 2.45) is 5.92 Å². The molecule has 0 bridgehead atoms. The molecular formula is C22H23N3O4. The van der Waals surface area contributed by atoms with E-state index in [1.165, 1.54) is 4.90 Å². The summed E-state index contributed by atoms with van der Waals surface area (Å²) in [6.45, 7) is 3.79. The molecule has 0 aromatic heterocycles. The van der Waals surface area contributed by atoms with E-state index in [0.29, 0.717) is 28.9 Å². The first kappa shape index (κ1) is 20.3. The molecule has 0 saturated heterocycles. The van der Waals surface area contributed by atoms with Gasteiger partial charge in [-0.05, 0) is 36.8 Å². The molecule has 29 heavy (non-hydrogen) atoms. The van der Waals surface area contributed by atoms with Crippen LogP contribution in [0.5, 0.6) is 0 Å². The van der Waals surface area contributed by atoms with Crippen molar-refractivity contribution in [3.05, 3.63) is 59.7 Å². The lowest BCUT2D eigenvalue weighted by molar-refractivity contribution is -0.119. The minimum atomic E-state index is -0.320. The van der Waals surface area contributed by atoms with Crippen molar-refractivity contribution in [3.8, 4) is 0 Å². The lowest BCUT2D eigenvalue weighted by atomic mass is 10.1. The molecule has 0 spiro atoms. The fourth-order valence-corrected chi connectivity index (χ4v) is 3.02. The van der Waals surface area contributed by atoms with Crippen LogP contribution in [0.25, 0.3) is 0 Å². The number of hydrogen-bond acceptors (Lipinski definition) is 4. The average molecular weight is 393 g/mol. The van der Waals surface area contributed by atoms with Crippen LogP contribution in [0, 0.1) is 5.92 Å². The van der Waals surface area contributed by atoms with Crippen LogP contribution >= 0.6 is 0 Å². The predicted molar refractivity (Wildman–Crippen MR) is 110 cm³/mol. The van der Waals surface area contributed by atoms with Gasteiger partial charge in [0.15, 0.2) is 0 Å². The molecule has 0 fully saturated rings. The maximum absolute atomic E-state index is 12.3. The van der Waals surface area contributed by atoms with Gasteiger partial charge in [0.05, 0.1) is 11.1 Å². The number of carbonyl (C=O) groups excluding carboxylic acids is 4. The van der Waals surface area contributed by atoms with E-state index in [0.717, 1.165) is 0 Å². The fourth-order valence-electron chi connectivity index (χ4n) is 3.02. The number of imide groups is 1. The monoisotopic (exact) mass is 393 g/mol. The van der Waals surface area contributed by atoms with Gasteiger partial charge in [-0.25, -0.2) is 0 Å². The second kappa shape index (κ2) is 8.68. The summed E-state index contributed by atoms with van der Waals surface area (Å²) in [6, 6.07) is 13.6. The Labute approximate surface area is 169 Å². The van der Waals surface area contributed by atoms with Crippen LogP contribution in [-0.4, -0.2) is 35.1 Å². The highest BCUT2D eigenvalue weighted by molar-refractivity contribution is 6.21. The first-order valence-electron chi connectivity index (χ1n) is 9.53. The Hall–Kier alpha value is -3.48. The lowest BCUT2D eigenvalue weighted by Gasteiger charge is -2.13. The third-order valence-corrected chi connectivity index (χ3v) is 4.60. The third kappa shape index (κ3) is 4.68. The minimum absolute atomic E-state index is 0.102. The van der Waals surface area contributed by atoms with E-state index in [4.69, 9.17) is 0 Å². The van der Waals surface area contributed by atoms with Gasteiger partial charge in [-0.1, -0.05) is 32.0 Å². The molecule has 7 heteroatoms. The Bertz CT molecular complexity index is 933. The number of hydrogen-bond donors (Lipinski definition) is 2. The van der Waals surface area contributed by atoms with Gasteiger partial charge in [0.2, 0.25) is 11.8 Å². The van der Waals surface area contributed by atoms with Crippen LogP contribution in [0.2, 0.25) is 0 Å². The molecule has 4 amide bonds. The topological polar surface area (TPSA) is 95.6 Å². The van der Waals surface area contributed by atoms with Crippen molar-refractivity contribution in [2.45, 2.75) is 26.7 Å². The number of rotatable bonds is 7. The number of fused-ring (bicyclic) bond motifs is 1. The fraction of sp³-hybridized carbons (Fsp3) is 0.273. The number of nitrogens with one attached hydrogen (secondary N) is 2. The number of nitrogens with zero attached hydrogens (tertiary/aromatic N) is 1. The first-order valence-corrected chi connectivity index (χ1v) is 9.53. The van der Waals surface area contributed by atoms with Crippen molar-refractivity contribution >= 4 is 35.0 Å². The maximum Gasteiger partial charge on any atom is 0.261 e. The van der Waals surface area contributed by atoms with Crippen LogP contribution in [0.4, 0.5) is 11.4 Å². The third-order valence-electron chi connectivity index (χ3n) is 4.60. The molecule has 7 nitrogen and oxygen atoms in total. The summed E-state index contributed by atoms with van der Waals surface area (Å²) in [7, 11) is 0. The summed E-state index contributed by atoms with van der Waals surface area (Å²) in [5.41, 5.74) is 1.98. The number of carbonyl (C=O) groups is 4. The smallest absolute Gasteiger partial charge is 0.261 e. The number of benzene rings is 2. The SMILES string of the molecule is CC(C)C(=O)Nc1cccc(NC(=O)CCCN2C(=O)c3ccccc3C2=O)c1. The molecule has 1 aliphatic heterocycles. The van der Waals surface area contributed by atoms with Gasteiger partial charge < -0.3 is 10.6 Å². The second-order valence-electron chi connectivity index (χ2n) is 7.18. The van der Waals surface area contributed by atoms with Crippen molar-refractivity contribution in [2.75, 3.05) is 17.2 Å². The van der Waals surface area contributed by atoms with E-state index >= 15 is 0 Å². The standard InChI is InChI=1S/C22H23N3O4/c1-14(2)20(27)24-16-8-5-7-15(13-16)23-19(26)11-6-12-25-21(28)17-9-3-4-10-18(17)22(25)29/h3-5,7-10,13-14H,6,11-12H2,1-2H3,(H,23,26)(H,24,27). The second-order valence-corrected chi connectivity index (χ2v) is 7.18. The Morgan fingerprint density at radius 2 is 1.48 bits per heavy atom. The number of amides is 4. The van der Waals surface area contributed by atoms with E-state index in [9.17, 15) is 19.2 Å². The van der Waals surface area contributed by atoms with E-state index in [-0.39, 0.29) is 42.5 Å². The van der Waals surface area contributed by atoms with E-state index in [1.54, 1.807) is 62.4 Å². The molecule has 3 rings (SSSR count). The summed E-state index contributed by atoms with van der Waals surface area (Å²) >= 11 is 0. The van der Waals surface area contributed by atoms with Gasteiger partial charge in [-0.15, -0.1) is 0 Å². The van der Waals surface area contributed by atoms with Gasteiger partial charge >= 0.3 is 0 Å². The molecule has 0 aliphatic carbocycles. The zero-order valence-electron chi connectivity index (χ0n) is 16.4. The van der Waals surface area contributed by atoms with Crippen molar-refractivity contribution < 1.29 is 19.2 Å². The molecule has 1 heterocycles. The molecule has 150 valence electrons. The molecule has 2 aromatic rings. The molecule has 2 aromatic carbocycles. The van der Waals surface area contributed by atoms with E-state index in [1.807, 2.05) is 0 Å². The Kier molecular flexibility index (Phi) is 6.07. The van der Waals surface area contributed by atoms with E-state index in [2.05, 4.69) is 10.6 Å². The Morgan fingerprint density at radius 3 is 2.07 bits per heavy atom. The van der Waals surface area contributed by atoms with Crippen molar-refractivity contribution in [1.82, 2.24) is 4.90 Å². The normalized spacial score (nSPS) is 12.9. The molecule has 1 aliphatic rings. The molecule has 0 saturated carbocycles.